The number of hydrogen-bond donors (Lipinski definition) is 1. The zero-order chi connectivity index (χ0) is 17.4. The van der Waals surface area contributed by atoms with Crippen molar-refractivity contribution in [1.29, 1.82) is 0 Å². The van der Waals surface area contributed by atoms with Crippen LogP contribution in [0.3, 0.4) is 0 Å². The van der Waals surface area contributed by atoms with E-state index in [-0.39, 0.29) is 0 Å². The number of hydrazone groups is 1. The van der Waals surface area contributed by atoms with Crippen LogP contribution in [0.25, 0.3) is 10.9 Å². The Labute approximate surface area is 159 Å². The standard InChI is InChI=1S/C18H12Cl2N4S/c1-10-15(20)7-2-11-8-12-9-21-24-18(25-17(12)23-16(10)11)22-14-5-3-13(19)4-6-14/h2-9H,1H3,(H,22,24). The molecule has 0 radical (unpaired) electrons. The zero-order valence-electron chi connectivity index (χ0n) is 13.1. The molecule has 0 amide bonds. The number of benzene rings is 2. The molecule has 0 unspecified atom stereocenters. The molecule has 3 aromatic rings. The van der Waals surface area contributed by atoms with Crippen LogP contribution in [0.4, 0.5) is 5.69 Å². The summed E-state index contributed by atoms with van der Waals surface area (Å²) in [6, 6.07) is 13.2. The molecule has 0 spiro atoms. The molecular weight excluding hydrogens is 375 g/mol. The lowest BCUT2D eigenvalue weighted by molar-refractivity contribution is 1.05. The van der Waals surface area contributed by atoms with Gasteiger partial charge in [0.2, 0.25) is 0 Å². The topological polar surface area (TPSA) is 49.6 Å². The quantitative estimate of drug-likeness (QED) is 0.594. The first-order valence-corrected chi connectivity index (χ1v) is 9.08. The van der Waals surface area contributed by atoms with Crippen molar-refractivity contribution in [1.82, 2.24) is 10.4 Å². The van der Waals surface area contributed by atoms with Crippen molar-refractivity contribution in [3.05, 3.63) is 63.6 Å². The largest absolute Gasteiger partial charge is 0.255 e. The number of rotatable bonds is 1. The first kappa shape index (κ1) is 16.4. The minimum atomic E-state index is 0.642. The number of fused-ring (bicyclic) bond motifs is 2. The highest BCUT2D eigenvalue weighted by Crippen LogP contribution is 2.31. The monoisotopic (exact) mass is 386 g/mol. The van der Waals surface area contributed by atoms with Crippen molar-refractivity contribution < 1.29 is 0 Å². The zero-order valence-corrected chi connectivity index (χ0v) is 15.5. The number of amidine groups is 1. The number of halogens is 2. The lowest BCUT2D eigenvalue weighted by atomic mass is 10.1. The summed E-state index contributed by atoms with van der Waals surface area (Å²) in [5.74, 6) is 0. The molecule has 7 heteroatoms. The van der Waals surface area contributed by atoms with Crippen LogP contribution in [-0.2, 0) is 0 Å². The van der Waals surface area contributed by atoms with Gasteiger partial charge in [-0.25, -0.2) is 9.98 Å². The van der Waals surface area contributed by atoms with Gasteiger partial charge in [-0.1, -0.05) is 29.3 Å². The molecule has 1 aromatic heterocycles. The SMILES string of the molecule is Cc1c(Cl)ccc2cc3c(nc12)SC(=Nc1ccc(Cl)cc1)NN=C3. The summed E-state index contributed by atoms with van der Waals surface area (Å²) in [6.45, 7) is 1.97. The number of aryl methyl sites for hydroxylation is 1. The highest BCUT2D eigenvalue weighted by atomic mass is 35.5. The Balaban J connectivity index is 1.77. The predicted molar refractivity (Wildman–Crippen MR) is 107 cm³/mol. The Morgan fingerprint density at radius 3 is 2.68 bits per heavy atom. The van der Waals surface area contributed by atoms with Gasteiger partial charge in [-0.3, -0.25) is 5.43 Å². The molecule has 4 nitrogen and oxygen atoms in total. The second-order valence-electron chi connectivity index (χ2n) is 5.49. The fourth-order valence-corrected chi connectivity index (χ4v) is 3.56. The molecule has 0 aliphatic carbocycles. The molecule has 2 heterocycles. The molecule has 0 bridgehead atoms. The number of pyridine rings is 1. The number of hydrogen-bond acceptors (Lipinski definition) is 4. The summed E-state index contributed by atoms with van der Waals surface area (Å²) in [5.41, 5.74) is 6.54. The molecule has 124 valence electrons. The van der Waals surface area contributed by atoms with Gasteiger partial charge in [0.05, 0.1) is 17.4 Å². The molecule has 25 heavy (non-hydrogen) atoms. The fraction of sp³-hybridized carbons (Fsp3) is 0.0556. The average Bonchev–Trinajstić information content (AvgIpc) is 2.80. The van der Waals surface area contributed by atoms with E-state index in [0.29, 0.717) is 15.2 Å². The highest BCUT2D eigenvalue weighted by molar-refractivity contribution is 8.13. The summed E-state index contributed by atoms with van der Waals surface area (Å²) >= 11 is 13.6. The summed E-state index contributed by atoms with van der Waals surface area (Å²) < 4.78 is 0. The van der Waals surface area contributed by atoms with Gasteiger partial charge in [-0.2, -0.15) is 5.10 Å². The Hall–Kier alpha value is -2.08. The van der Waals surface area contributed by atoms with Crippen molar-refractivity contribution in [2.75, 3.05) is 0 Å². The Bertz CT molecular complexity index is 1030. The molecule has 0 fully saturated rings. The Morgan fingerprint density at radius 2 is 1.88 bits per heavy atom. The molecule has 1 aliphatic rings. The molecule has 4 rings (SSSR count). The van der Waals surface area contributed by atoms with Gasteiger partial charge < -0.3 is 0 Å². The van der Waals surface area contributed by atoms with Crippen molar-refractivity contribution in [2.45, 2.75) is 11.9 Å². The maximum atomic E-state index is 6.23. The van der Waals surface area contributed by atoms with E-state index in [1.165, 1.54) is 11.8 Å². The van der Waals surface area contributed by atoms with Gasteiger partial charge in [0.1, 0.15) is 5.03 Å². The molecule has 2 aromatic carbocycles. The first-order chi connectivity index (χ1) is 12.1. The van der Waals surface area contributed by atoms with E-state index in [9.17, 15) is 0 Å². The smallest absolute Gasteiger partial charge is 0.188 e. The second-order valence-corrected chi connectivity index (χ2v) is 7.31. The number of thioether (sulfide) groups is 1. The first-order valence-electron chi connectivity index (χ1n) is 7.51. The van der Waals surface area contributed by atoms with Crippen LogP contribution < -0.4 is 5.43 Å². The fourth-order valence-electron chi connectivity index (χ4n) is 2.48. The van der Waals surface area contributed by atoms with Crippen molar-refractivity contribution in [3.63, 3.8) is 0 Å². The third-order valence-corrected chi connectivity index (χ3v) is 5.34. The van der Waals surface area contributed by atoms with E-state index in [2.05, 4.69) is 21.6 Å². The van der Waals surface area contributed by atoms with Crippen molar-refractivity contribution in [3.8, 4) is 0 Å². The lowest BCUT2D eigenvalue weighted by Crippen LogP contribution is -2.11. The van der Waals surface area contributed by atoms with Crippen LogP contribution in [0.2, 0.25) is 10.0 Å². The predicted octanol–water partition coefficient (Wildman–Crippen LogP) is 5.57. The average molecular weight is 387 g/mol. The van der Waals surface area contributed by atoms with Crippen LogP contribution in [0, 0.1) is 6.92 Å². The summed E-state index contributed by atoms with van der Waals surface area (Å²) in [7, 11) is 0. The van der Waals surface area contributed by atoms with E-state index in [1.54, 1.807) is 18.3 Å². The normalized spacial score (nSPS) is 15.1. The molecule has 0 saturated carbocycles. The van der Waals surface area contributed by atoms with E-state index >= 15 is 0 Å². The van der Waals surface area contributed by atoms with Crippen LogP contribution in [0.1, 0.15) is 11.1 Å². The van der Waals surface area contributed by atoms with Gasteiger partial charge in [-0.05, 0) is 60.6 Å². The van der Waals surface area contributed by atoms with Crippen LogP contribution in [0.5, 0.6) is 0 Å². The molecule has 0 saturated heterocycles. The van der Waals surface area contributed by atoms with Crippen LogP contribution >= 0.6 is 35.0 Å². The van der Waals surface area contributed by atoms with Gasteiger partial charge in [0.25, 0.3) is 0 Å². The lowest BCUT2D eigenvalue weighted by Gasteiger charge is -2.08. The Morgan fingerprint density at radius 1 is 1.08 bits per heavy atom. The molecular formula is C18H12Cl2N4S. The minimum Gasteiger partial charge on any atom is -0.255 e. The maximum absolute atomic E-state index is 6.23. The summed E-state index contributed by atoms with van der Waals surface area (Å²) in [4.78, 5) is 9.36. The number of aliphatic imine (C=N–C) groups is 1. The van der Waals surface area contributed by atoms with E-state index in [0.717, 1.165) is 32.7 Å². The van der Waals surface area contributed by atoms with Gasteiger partial charge in [-0.15, -0.1) is 0 Å². The maximum Gasteiger partial charge on any atom is 0.188 e. The number of nitrogens with zero attached hydrogens (tertiary/aromatic N) is 3. The number of aromatic nitrogens is 1. The van der Waals surface area contributed by atoms with Gasteiger partial charge >= 0.3 is 0 Å². The Kier molecular flexibility index (Phi) is 4.37. The van der Waals surface area contributed by atoms with Crippen LogP contribution in [0.15, 0.2) is 57.6 Å². The van der Waals surface area contributed by atoms with E-state index in [4.69, 9.17) is 28.2 Å². The molecule has 1 aliphatic heterocycles. The molecule has 1 N–H and O–H groups in total. The van der Waals surface area contributed by atoms with Crippen molar-refractivity contribution >= 4 is 62.9 Å². The molecule has 0 atom stereocenters. The summed E-state index contributed by atoms with van der Waals surface area (Å²) in [5, 5.41) is 8.13. The van der Waals surface area contributed by atoms with Crippen molar-refractivity contribution in [2.24, 2.45) is 10.1 Å². The highest BCUT2D eigenvalue weighted by Gasteiger charge is 2.15. The van der Waals surface area contributed by atoms with E-state index in [1.807, 2.05) is 31.2 Å². The minimum absolute atomic E-state index is 0.642. The van der Waals surface area contributed by atoms with Crippen LogP contribution in [-0.4, -0.2) is 16.4 Å². The number of nitrogens with one attached hydrogen (secondary N) is 1. The second kappa shape index (κ2) is 6.67. The van der Waals surface area contributed by atoms with E-state index < -0.39 is 0 Å². The van der Waals surface area contributed by atoms with Gasteiger partial charge in [0, 0.05) is 21.0 Å². The van der Waals surface area contributed by atoms with Gasteiger partial charge in [0.15, 0.2) is 5.17 Å². The summed E-state index contributed by atoms with van der Waals surface area (Å²) in [6.07, 6.45) is 1.75. The third kappa shape index (κ3) is 3.35. The third-order valence-electron chi connectivity index (χ3n) is 3.78.